The van der Waals surface area contributed by atoms with Gasteiger partial charge in [0.15, 0.2) is 0 Å². The summed E-state index contributed by atoms with van der Waals surface area (Å²) in [5.41, 5.74) is 5.75. The third kappa shape index (κ3) is 3.29. The maximum Gasteiger partial charge on any atom is 0.282 e. The van der Waals surface area contributed by atoms with Gasteiger partial charge in [-0.1, -0.05) is 20.3 Å². The van der Waals surface area contributed by atoms with Crippen LogP contribution in [-0.2, 0) is 10.2 Å². The van der Waals surface area contributed by atoms with Crippen molar-refractivity contribution < 1.29 is 8.42 Å². The van der Waals surface area contributed by atoms with E-state index >= 15 is 0 Å². The van der Waals surface area contributed by atoms with Gasteiger partial charge in [-0.15, -0.1) is 0 Å². The summed E-state index contributed by atoms with van der Waals surface area (Å²) >= 11 is 0. The lowest BCUT2D eigenvalue weighted by molar-refractivity contribution is 0.187. The highest BCUT2D eigenvalue weighted by Gasteiger charge is 2.38. The molecule has 0 bridgehead atoms. The molecule has 19 heavy (non-hydrogen) atoms. The van der Waals surface area contributed by atoms with Gasteiger partial charge < -0.3 is 5.73 Å². The fraction of sp³-hybridized carbons (Fsp3) is 1.00. The van der Waals surface area contributed by atoms with E-state index in [-0.39, 0.29) is 6.04 Å². The smallest absolute Gasteiger partial charge is 0.282 e. The van der Waals surface area contributed by atoms with Crippen LogP contribution in [0.15, 0.2) is 0 Å². The highest BCUT2D eigenvalue weighted by molar-refractivity contribution is 7.86. The second-order valence-corrected chi connectivity index (χ2v) is 8.15. The van der Waals surface area contributed by atoms with E-state index in [9.17, 15) is 8.42 Å². The van der Waals surface area contributed by atoms with E-state index in [1.807, 2.05) is 0 Å². The molecule has 6 heteroatoms. The van der Waals surface area contributed by atoms with Crippen molar-refractivity contribution in [2.45, 2.75) is 45.6 Å². The number of nitrogens with two attached hydrogens (primary N) is 1. The maximum atomic E-state index is 12.8. The summed E-state index contributed by atoms with van der Waals surface area (Å²) in [7, 11) is -3.33. The number of nitrogens with zero attached hydrogens (tertiary/aromatic N) is 2. The summed E-state index contributed by atoms with van der Waals surface area (Å²) in [6.07, 6.45) is 4.05. The quantitative estimate of drug-likeness (QED) is 0.843. The van der Waals surface area contributed by atoms with Crippen LogP contribution in [0.4, 0.5) is 0 Å². The molecule has 2 fully saturated rings. The molecule has 5 nitrogen and oxygen atoms in total. The average Bonchev–Trinajstić information content (AvgIpc) is 2.37. The van der Waals surface area contributed by atoms with Gasteiger partial charge in [-0.3, -0.25) is 0 Å². The third-order valence-corrected chi connectivity index (χ3v) is 6.33. The lowest BCUT2D eigenvalue weighted by Crippen LogP contribution is -2.55. The zero-order valence-electron chi connectivity index (χ0n) is 12.1. The Morgan fingerprint density at radius 3 is 2.37 bits per heavy atom. The zero-order valence-corrected chi connectivity index (χ0v) is 12.9. The fourth-order valence-corrected chi connectivity index (χ4v) is 5.57. The monoisotopic (exact) mass is 289 g/mol. The molecule has 3 atom stereocenters. The first-order chi connectivity index (χ1) is 8.95. The molecule has 112 valence electrons. The van der Waals surface area contributed by atoms with Gasteiger partial charge in [0, 0.05) is 32.2 Å². The fourth-order valence-electron chi connectivity index (χ4n) is 3.46. The van der Waals surface area contributed by atoms with Crippen molar-refractivity contribution in [3.63, 3.8) is 0 Å². The highest BCUT2D eigenvalue weighted by Crippen LogP contribution is 2.28. The summed E-state index contributed by atoms with van der Waals surface area (Å²) < 4.78 is 28.9. The van der Waals surface area contributed by atoms with Crippen LogP contribution in [0.2, 0.25) is 0 Å². The van der Waals surface area contributed by atoms with Crippen molar-refractivity contribution >= 4 is 10.2 Å². The van der Waals surface area contributed by atoms with Crippen LogP contribution in [-0.4, -0.2) is 49.2 Å². The Bertz CT molecular complexity index is 389. The summed E-state index contributed by atoms with van der Waals surface area (Å²) in [5, 5.41) is 0. The first kappa shape index (κ1) is 15.2. The van der Waals surface area contributed by atoms with Gasteiger partial charge in [-0.2, -0.15) is 17.0 Å². The first-order valence-corrected chi connectivity index (χ1v) is 8.81. The minimum absolute atomic E-state index is 0.00807. The normalized spacial score (nSPS) is 35.4. The molecule has 0 radical (unpaired) electrons. The van der Waals surface area contributed by atoms with Crippen molar-refractivity contribution in [1.29, 1.82) is 0 Å². The van der Waals surface area contributed by atoms with Gasteiger partial charge >= 0.3 is 0 Å². The van der Waals surface area contributed by atoms with E-state index in [0.29, 0.717) is 38.0 Å². The molecule has 2 N–H and O–H groups in total. The van der Waals surface area contributed by atoms with Crippen LogP contribution in [0.5, 0.6) is 0 Å². The third-order valence-electron chi connectivity index (χ3n) is 4.30. The van der Waals surface area contributed by atoms with E-state index in [2.05, 4.69) is 13.8 Å². The Hall–Kier alpha value is -0.170. The molecule has 2 rings (SSSR count). The topological polar surface area (TPSA) is 66.6 Å². The standard InChI is InChI=1S/C13H27N3O2S/c1-11-7-12(2)10-15(9-11)19(17,18)16-6-4-3-5-13(16)8-14/h11-13H,3-10,14H2,1-2H3/t11-,12+,13-/m0/s1. The number of hydrogen-bond acceptors (Lipinski definition) is 3. The Balaban J connectivity index is 2.16. The highest BCUT2D eigenvalue weighted by atomic mass is 32.2. The lowest BCUT2D eigenvalue weighted by atomic mass is 9.94. The van der Waals surface area contributed by atoms with Crippen LogP contribution in [0, 0.1) is 11.8 Å². The van der Waals surface area contributed by atoms with Crippen molar-refractivity contribution in [2.24, 2.45) is 17.6 Å². The summed E-state index contributed by atoms with van der Waals surface area (Å²) in [5.74, 6) is 0.888. The van der Waals surface area contributed by atoms with Crippen LogP contribution >= 0.6 is 0 Å². The van der Waals surface area contributed by atoms with Crippen LogP contribution in [0.25, 0.3) is 0 Å². The van der Waals surface area contributed by atoms with E-state index in [1.54, 1.807) is 8.61 Å². The molecule has 0 amide bonds. The zero-order chi connectivity index (χ0) is 14.0. The van der Waals surface area contributed by atoms with Gasteiger partial charge in [-0.05, 0) is 31.1 Å². The Kier molecular flexibility index (Phi) is 4.87. The van der Waals surface area contributed by atoms with Crippen molar-refractivity contribution in [3.05, 3.63) is 0 Å². The molecule has 0 unspecified atom stereocenters. The number of piperidine rings is 2. The Morgan fingerprint density at radius 1 is 1.16 bits per heavy atom. The van der Waals surface area contributed by atoms with Crippen molar-refractivity contribution in [1.82, 2.24) is 8.61 Å². The second kappa shape index (κ2) is 6.08. The lowest BCUT2D eigenvalue weighted by Gasteiger charge is -2.41. The number of hydrogen-bond donors (Lipinski definition) is 1. The average molecular weight is 289 g/mol. The molecular weight excluding hydrogens is 262 g/mol. The minimum atomic E-state index is -3.33. The van der Waals surface area contributed by atoms with Gasteiger partial charge in [0.1, 0.15) is 0 Å². The maximum absolute atomic E-state index is 12.8. The molecule has 0 saturated carbocycles. The van der Waals surface area contributed by atoms with E-state index in [0.717, 1.165) is 25.7 Å². The molecule has 0 aromatic heterocycles. The predicted molar refractivity (Wildman–Crippen MR) is 76.8 cm³/mol. The molecule has 0 aliphatic carbocycles. The van der Waals surface area contributed by atoms with Crippen molar-refractivity contribution in [3.8, 4) is 0 Å². The number of rotatable bonds is 3. The van der Waals surface area contributed by atoms with Crippen molar-refractivity contribution in [2.75, 3.05) is 26.2 Å². The molecule has 2 heterocycles. The van der Waals surface area contributed by atoms with Gasteiger partial charge in [0.05, 0.1) is 0 Å². The van der Waals surface area contributed by atoms with E-state index < -0.39 is 10.2 Å². The predicted octanol–water partition coefficient (Wildman–Crippen LogP) is 1.02. The molecule has 2 aliphatic rings. The summed E-state index contributed by atoms with van der Waals surface area (Å²) in [4.78, 5) is 0. The van der Waals surface area contributed by atoms with E-state index in [1.165, 1.54) is 0 Å². The first-order valence-electron chi connectivity index (χ1n) is 7.42. The van der Waals surface area contributed by atoms with Gasteiger partial charge in [-0.25, -0.2) is 0 Å². The molecule has 0 aromatic rings. The van der Waals surface area contributed by atoms with Gasteiger partial charge in [0.2, 0.25) is 0 Å². The van der Waals surface area contributed by atoms with Crippen LogP contribution < -0.4 is 5.73 Å². The van der Waals surface area contributed by atoms with Gasteiger partial charge in [0.25, 0.3) is 10.2 Å². The molecule has 2 saturated heterocycles. The minimum Gasteiger partial charge on any atom is -0.329 e. The molecule has 0 spiro atoms. The summed E-state index contributed by atoms with van der Waals surface area (Å²) in [6.45, 7) is 6.63. The van der Waals surface area contributed by atoms with Crippen LogP contribution in [0.1, 0.15) is 39.5 Å². The second-order valence-electron chi connectivity index (χ2n) is 6.27. The molecular formula is C13H27N3O2S. The summed E-state index contributed by atoms with van der Waals surface area (Å²) in [6, 6.07) is -0.00807. The largest absolute Gasteiger partial charge is 0.329 e. The SMILES string of the molecule is C[C@@H]1C[C@H](C)CN(S(=O)(=O)N2CCCC[C@H]2CN)C1. The van der Waals surface area contributed by atoms with E-state index in [4.69, 9.17) is 5.73 Å². The molecule has 2 aliphatic heterocycles. The Morgan fingerprint density at radius 2 is 1.79 bits per heavy atom. The molecule has 0 aromatic carbocycles. The van der Waals surface area contributed by atoms with Crippen LogP contribution in [0.3, 0.4) is 0 Å². The Labute approximate surface area is 117 Å².